The van der Waals surface area contributed by atoms with Gasteiger partial charge in [0, 0.05) is 6.20 Å². The van der Waals surface area contributed by atoms with Crippen LogP contribution in [0.5, 0.6) is 0 Å². The van der Waals surface area contributed by atoms with Crippen molar-refractivity contribution < 1.29 is 9.59 Å². The average Bonchev–Trinajstić information content (AvgIpc) is 1.67. The number of rotatable bonds is 1. The van der Waals surface area contributed by atoms with Gasteiger partial charge in [0.15, 0.2) is 0 Å². The molecular weight excluding hydrogens is 106 g/mol. The van der Waals surface area contributed by atoms with Gasteiger partial charge in [-0.3, -0.25) is 14.5 Å². The molecule has 0 aliphatic carbocycles. The first-order valence-corrected chi connectivity index (χ1v) is 2.23. The zero-order chi connectivity index (χ0) is 6.15. The van der Waals surface area contributed by atoms with Gasteiger partial charge in [0.05, 0.1) is 0 Å². The van der Waals surface area contributed by atoms with Gasteiger partial charge in [-0.25, -0.2) is 0 Å². The van der Waals surface area contributed by atoms with Crippen LogP contribution in [-0.4, -0.2) is 16.7 Å². The second-order valence-corrected chi connectivity index (χ2v) is 1.52. The van der Waals surface area contributed by atoms with Crippen LogP contribution in [0.1, 0.15) is 6.42 Å². The molecule has 1 aliphatic rings. The number of carbonyl (C=O) groups is 2. The molecule has 2 amide bonds. The van der Waals surface area contributed by atoms with Crippen molar-refractivity contribution in [1.82, 2.24) is 4.90 Å². The van der Waals surface area contributed by atoms with E-state index in [4.69, 9.17) is 0 Å². The van der Waals surface area contributed by atoms with Crippen molar-refractivity contribution >= 4 is 11.8 Å². The van der Waals surface area contributed by atoms with E-state index in [9.17, 15) is 9.59 Å². The number of amides is 2. The predicted octanol–water partition coefficient (Wildman–Crippen LogP) is -0.111. The molecule has 0 radical (unpaired) electrons. The maximum absolute atomic E-state index is 10.3. The molecule has 1 saturated heterocycles. The predicted molar refractivity (Wildman–Crippen MR) is 26.7 cm³/mol. The summed E-state index contributed by atoms with van der Waals surface area (Å²) in [5.74, 6) is -0.324. The molecule has 3 heteroatoms. The van der Waals surface area contributed by atoms with E-state index < -0.39 is 0 Å². The van der Waals surface area contributed by atoms with Crippen LogP contribution >= 0.6 is 0 Å². The normalized spacial score (nSPS) is 18.2. The van der Waals surface area contributed by atoms with Gasteiger partial charge >= 0.3 is 0 Å². The van der Waals surface area contributed by atoms with E-state index >= 15 is 0 Å². The van der Waals surface area contributed by atoms with Crippen LogP contribution in [0.4, 0.5) is 0 Å². The number of likely N-dealkylation sites (tertiary alicyclic amines) is 1. The molecule has 0 aromatic heterocycles. The third-order valence-electron chi connectivity index (χ3n) is 1.02. The van der Waals surface area contributed by atoms with Crippen molar-refractivity contribution in [1.29, 1.82) is 0 Å². The Labute approximate surface area is 46.6 Å². The van der Waals surface area contributed by atoms with Crippen molar-refractivity contribution in [3.05, 3.63) is 12.8 Å². The van der Waals surface area contributed by atoms with Crippen LogP contribution in [0.2, 0.25) is 0 Å². The van der Waals surface area contributed by atoms with E-state index in [1.807, 2.05) is 0 Å². The Balaban J connectivity index is 2.65. The minimum atomic E-state index is -0.162. The van der Waals surface area contributed by atoms with Crippen molar-refractivity contribution in [2.24, 2.45) is 0 Å². The average molecular weight is 111 g/mol. The minimum absolute atomic E-state index is 0.0476. The van der Waals surface area contributed by atoms with Gasteiger partial charge in [0.2, 0.25) is 11.8 Å². The number of hydrogen-bond acceptors (Lipinski definition) is 2. The molecule has 0 spiro atoms. The Morgan fingerprint density at radius 1 is 1.50 bits per heavy atom. The summed E-state index contributed by atoms with van der Waals surface area (Å²) in [5, 5.41) is 0. The molecule has 3 nitrogen and oxygen atoms in total. The van der Waals surface area contributed by atoms with Crippen LogP contribution in [0.25, 0.3) is 0 Å². The number of β-lactam (4-membered cyclic amide) rings is 2. The van der Waals surface area contributed by atoms with Crippen LogP contribution in [0, 0.1) is 0 Å². The Morgan fingerprint density at radius 2 is 2.00 bits per heavy atom. The highest BCUT2D eigenvalue weighted by Crippen LogP contribution is 2.09. The molecule has 8 heavy (non-hydrogen) atoms. The van der Waals surface area contributed by atoms with Gasteiger partial charge in [0.1, 0.15) is 6.42 Å². The second-order valence-electron chi connectivity index (χ2n) is 1.52. The highest BCUT2D eigenvalue weighted by molar-refractivity contribution is 6.15. The maximum atomic E-state index is 10.3. The first-order valence-electron chi connectivity index (χ1n) is 2.23. The number of nitrogens with zero attached hydrogens (tertiary/aromatic N) is 1. The highest BCUT2D eigenvalue weighted by Gasteiger charge is 2.31. The van der Waals surface area contributed by atoms with E-state index in [0.29, 0.717) is 0 Å². The molecule has 0 aromatic rings. The summed E-state index contributed by atoms with van der Waals surface area (Å²) in [5.41, 5.74) is 0. The van der Waals surface area contributed by atoms with Crippen molar-refractivity contribution in [2.45, 2.75) is 6.42 Å². The van der Waals surface area contributed by atoms with Crippen molar-refractivity contribution in [2.75, 3.05) is 0 Å². The molecule has 1 heterocycles. The van der Waals surface area contributed by atoms with Crippen LogP contribution in [0.3, 0.4) is 0 Å². The first-order chi connectivity index (χ1) is 3.75. The lowest BCUT2D eigenvalue weighted by Gasteiger charge is -2.23. The molecule has 0 bridgehead atoms. The summed E-state index contributed by atoms with van der Waals surface area (Å²) in [7, 11) is 0. The summed E-state index contributed by atoms with van der Waals surface area (Å²) in [6, 6.07) is 0. The first kappa shape index (κ1) is 5.03. The summed E-state index contributed by atoms with van der Waals surface area (Å²) < 4.78 is 0. The van der Waals surface area contributed by atoms with E-state index in [1.54, 1.807) is 0 Å². The van der Waals surface area contributed by atoms with Gasteiger partial charge in [-0.1, -0.05) is 6.58 Å². The summed E-state index contributed by atoms with van der Waals surface area (Å²) in [6.07, 6.45) is 1.28. The van der Waals surface area contributed by atoms with Gasteiger partial charge in [-0.15, -0.1) is 0 Å². The molecule has 0 N–H and O–H groups in total. The molecule has 0 atom stereocenters. The van der Waals surface area contributed by atoms with E-state index in [2.05, 4.69) is 6.58 Å². The fraction of sp³-hybridized carbons (Fsp3) is 0.200. The monoisotopic (exact) mass is 111 g/mol. The standard InChI is InChI=1S/C5H5NO2/c1-2-6-4(7)3-5(6)8/h2H,1,3H2. The topological polar surface area (TPSA) is 37.4 Å². The Kier molecular flexibility index (Phi) is 0.901. The van der Waals surface area contributed by atoms with Crippen LogP contribution < -0.4 is 0 Å². The van der Waals surface area contributed by atoms with Crippen molar-refractivity contribution in [3.8, 4) is 0 Å². The summed E-state index contributed by atoms with van der Waals surface area (Å²) in [4.78, 5) is 21.6. The Morgan fingerprint density at radius 3 is 2.12 bits per heavy atom. The van der Waals surface area contributed by atoms with Crippen LogP contribution in [0.15, 0.2) is 12.8 Å². The molecule has 42 valence electrons. The lowest BCUT2D eigenvalue weighted by molar-refractivity contribution is -0.153. The number of carbonyl (C=O) groups excluding carboxylic acids is 2. The van der Waals surface area contributed by atoms with Gasteiger partial charge in [0.25, 0.3) is 0 Å². The fourth-order valence-corrected chi connectivity index (χ4v) is 0.551. The van der Waals surface area contributed by atoms with E-state index in [-0.39, 0.29) is 18.2 Å². The summed E-state index contributed by atoms with van der Waals surface area (Å²) in [6.45, 7) is 3.27. The zero-order valence-electron chi connectivity index (χ0n) is 4.26. The second kappa shape index (κ2) is 1.43. The lowest BCUT2D eigenvalue weighted by atomic mass is 10.2. The Bertz CT molecular complexity index is 148. The van der Waals surface area contributed by atoms with Gasteiger partial charge < -0.3 is 0 Å². The third kappa shape index (κ3) is 0.443. The molecule has 0 saturated carbocycles. The number of imide groups is 1. The molecule has 1 rings (SSSR count). The largest absolute Gasteiger partial charge is 0.273 e. The zero-order valence-corrected chi connectivity index (χ0v) is 4.26. The van der Waals surface area contributed by atoms with Crippen LogP contribution in [-0.2, 0) is 9.59 Å². The van der Waals surface area contributed by atoms with Crippen molar-refractivity contribution in [3.63, 3.8) is 0 Å². The Hall–Kier alpha value is -1.12. The van der Waals surface area contributed by atoms with E-state index in [0.717, 1.165) is 4.90 Å². The SMILES string of the molecule is C=CN1C(=O)CC1=O. The molecular formula is C5H5NO2. The fourth-order valence-electron chi connectivity index (χ4n) is 0.551. The lowest BCUT2D eigenvalue weighted by Crippen LogP contribution is -2.44. The van der Waals surface area contributed by atoms with E-state index in [1.165, 1.54) is 6.20 Å². The quantitative estimate of drug-likeness (QED) is 0.349. The summed E-state index contributed by atoms with van der Waals surface area (Å²) >= 11 is 0. The smallest absolute Gasteiger partial charge is 0.242 e. The molecule has 0 unspecified atom stereocenters. The minimum Gasteiger partial charge on any atom is -0.273 e. The molecule has 1 fully saturated rings. The highest BCUT2D eigenvalue weighted by atomic mass is 16.2. The van der Waals surface area contributed by atoms with Gasteiger partial charge in [-0.05, 0) is 0 Å². The number of hydrogen-bond donors (Lipinski definition) is 0. The molecule has 0 aromatic carbocycles. The molecule has 1 aliphatic heterocycles. The van der Waals surface area contributed by atoms with Gasteiger partial charge in [-0.2, -0.15) is 0 Å². The third-order valence-corrected chi connectivity index (χ3v) is 1.02. The maximum Gasteiger partial charge on any atom is 0.242 e.